The fourth-order valence-corrected chi connectivity index (χ4v) is 2.69. The number of hydrogen-bond acceptors (Lipinski definition) is 3. The van der Waals surface area contributed by atoms with Crippen LogP contribution in [0, 0.1) is 6.92 Å². The smallest absolute Gasteiger partial charge is 0.0797 e. The first-order valence-corrected chi connectivity index (χ1v) is 7.15. The number of thiazole rings is 1. The molecule has 0 aliphatic heterocycles. The SMILES string of the molecule is Cc1ncsc1CCOCc1ccccc1Br. The lowest BCUT2D eigenvalue weighted by atomic mass is 10.2. The molecular formula is C13H14BrNOS. The molecule has 1 heterocycles. The third-order valence-corrected chi connectivity index (χ3v) is 4.30. The van der Waals surface area contributed by atoms with Crippen LogP contribution in [0.3, 0.4) is 0 Å². The van der Waals surface area contributed by atoms with E-state index in [1.807, 2.05) is 30.6 Å². The van der Waals surface area contributed by atoms with Gasteiger partial charge < -0.3 is 4.74 Å². The van der Waals surface area contributed by atoms with Crippen molar-refractivity contribution in [3.05, 3.63) is 50.4 Å². The predicted octanol–water partition coefficient (Wildman–Crippen LogP) is 3.97. The summed E-state index contributed by atoms with van der Waals surface area (Å²) in [6.45, 7) is 3.43. The van der Waals surface area contributed by atoms with E-state index in [0.29, 0.717) is 6.61 Å². The minimum Gasteiger partial charge on any atom is -0.376 e. The maximum absolute atomic E-state index is 5.68. The van der Waals surface area contributed by atoms with Gasteiger partial charge in [0.05, 0.1) is 24.4 Å². The van der Waals surface area contributed by atoms with Gasteiger partial charge in [0.1, 0.15) is 0 Å². The van der Waals surface area contributed by atoms with Crippen molar-refractivity contribution in [2.24, 2.45) is 0 Å². The zero-order valence-electron chi connectivity index (χ0n) is 9.65. The molecule has 4 heteroatoms. The maximum Gasteiger partial charge on any atom is 0.0797 e. The molecule has 2 nitrogen and oxygen atoms in total. The van der Waals surface area contributed by atoms with Crippen molar-refractivity contribution in [3.8, 4) is 0 Å². The number of ether oxygens (including phenoxy) is 1. The van der Waals surface area contributed by atoms with Crippen LogP contribution >= 0.6 is 27.3 Å². The molecule has 0 saturated heterocycles. The third-order valence-electron chi connectivity index (χ3n) is 2.53. The van der Waals surface area contributed by atoms with Gasteiger partial charge in [-0.05, 0) is 18.6 Å². The molecule has 17 heavy (non-hydrogen) atoms. The largest absolute Gasteiger partial charge is 0.376 e. The van der Waals surface area contributed by atoms with Crippen LogP contribution < -0.4 is 0 Å². The summed E-state index contributed by atoms with van der Waals surface area (Å²) in [5.74, 6) is 0. The van der Waals surface area contributed by atoms with Crippen molar-refractivity contribution < 1.29 is 4.74 Å². The Hall–Kier alpha value is -0.710. The van der Waals surface area contributed by atoms with E-state index in [1.54, 1.807) is 11.3 Å². The van der Waals surface area contributed by atoms with Crippen LogP contribution in [-0.2, 0) is 17.8 Å². The zero-order chi connectivity index (χ0) is 12.1. The van der Waals surface area contributed by atoms with Gasteiger partial charge in [-0.3, -0.25) is 0 Å². The number of halogens is 1. The summed E-state index contributed by atoms with van der Waals surface area (Å²) in [7, 11) is 0. The van der Waals surface area contributed by atoms with Gasteiger partial charge in [-0.15, -0.1) is 11.3 Å². The molecule has 0 amide bonds. The lowest BCUT2D eigenvalue weighted by molar-refractivity contribution is 0.124. The van der Waals surface area contributed by atoms with E-state index in [0.717, 1.165) is 23.2 Å². The first-order valence-electron chi connectivity index (χ1n) is 5.47. The van der Waals surface area contributed by atoms with E-state index < -0.39 is 0 Å². The Labute approximate surface area is 114 Å². The first kappa shape index (κ1) is 12.7. The number of rotatable bonds is 5. The van der Waals surface area contributed by atoms with Gasteiger partial charge in [0.2, 0.25) is 0 Å². The lowest BCUT2D eigenvalue weighted by Crippen LogP contribution is -1.99. The third kappa shape index (κ3) is 3.63. The van der Waals surface area contributed by atoms with Crippen LogP contribution in [-0.4, -0.2) is 11.6 Å². The second kappa shape index (κ2) is 6.28. The Bertz CT molecular complexity index is 484. The van der Waals surface area contributed by atoms with Gasteiger partial charge in [0.25, 0.3) is 0 Å². The normalized spacial score (nSPS) is 10.7. The van der Waals surface area contributed by atoms with Gasteiger partial charge >= 0.3 is 0 Å². The number of aryl methyl sites for hydroxylation is 1. The number of benzene rings is 1. The van der Waals surface area contributed by atoms with E-state index in [1.165, 1.54) is 10.4 Å². The molecule has 1 aromatic heterocycles. The Morgan fingerprint density at radius 1 is 1.35 bits per heavy atom. The highest BCUT2D eigenvalue weighted by molar-refractivity contribution is 9.10. The van der Waals surface area contributed by atoms with E-state index in [4.69, 9.17) is 4.74 Å². The summed E-state index contributed by atoms with van der Waals surface area (Å²) in [5.41, 5.74) is 4.20. The summed E-state index contributed by atoms with van der Waals surface area (Å²) >= 11 is 5.21. The molecule has 0 N–H and O–H groups in total. The van der Waals surface area contributed by atoms with Crippen molar-refractivity contribution in [2.75, 3.05) is 6.61 Å². The van der Waals surface area contributed by atoms with Crippen LogP contribution in [0.4, 0.5) is 0 Å². The Morgan fingerprint density at radius 2 is 2.18 bits per heavy atom. The molecule has 0 bridgehead atoms. The number of aromatic nitrogens is 1. The Balaban J connectivity index is 1.77. The molecule has 1 aromatic carbocycles. The van der Waals surface area contributed by atoms with Crippen molar-refractivity contribution in [2.45, 2.75) is 20.0 Å². The molecule has 2 aromatic rings. The Kier molecular flexibility index (Phi) is 4.71. The van der Waals surface area contributed by atoms with Crippen molar-refractivity contribution in [1.29, 1.82) is 0 Å². The lowest BCUT2D eigenvalue weighted by Gasteiger charge is -2.05. The molecule has 0 unspecified atom stereocenters. The molecule has 0 radical (unpaired) electrons. The summed E-state index contributed by atoms with van der Waals surface area (Å²) < 4.78 is 6.78. The van der Waals surface area contributed by atoms with E-state index in [9.17, 15) is 0 Å². The highest BCUT2D eigenvalue weighted by Gasteiger charge is 2.02. The zero-order valence-corrected chi connectivity index (χ0v) is 12.1. The molecule has 90 valence electrons. The molecule has 0 aliphatic rings. The van der Waals surface area contributed by atoms with Crippen molar-refractivity contribution in [1.82, 2.24) is 4.98 Å². The maximum atomic E-state index is 5.68. The van der Waals surface area contributed by atoms with Crippen LogP contribution in [0.15, 0.2) is 34.2 Å². The molecule has 2 rings (SSSR count). The van der Waals surface area contributed by atoms with E-state index >= 15 is 0 Å². The predicted molar refractivity (Wildman–Crippen MR) is 74.4 cm³/mol. The molecular weight excluding hydrogens is 298 g/mol. The highest BCUT2D eigenvalue weighted by Crippen LogP contribution is 2.17. The van der Waals surface area contributed by atoms with Crippen LogP contribution in [0.2, 0.25) is 0 Å². The fourth-order valence-electron chi connectivity index (χ4n) is 1.53. The molecule has 0 aliphatic carbocycles. The van der Waals surface area contributed by atoms with Crippen LogP contribution in [0.5, 0.6) is 0 Å². The molecule has 0 spiro atoms. The second-order valence-corrected chi connectivity index (χ2v) is 5.55. The number of hydrogen-bond donors (Lipinski definition) is 0. The average molecular weight is 312 g/mol. The van der Waals surface area contributed by atoms with Crippen molar-refractivity contribution >= 4 is 27.3 Å². The summed E-state index contributed by atoms with van der Waals surface area (Å²) in [6, 6.07) is 8.14. The number of nitrogens with zero attached hydrogens (tertiary/aromatic N) is 1. The van der Waals surface area contributed by atoms with Crippen molar-refractivity contribution in [3.63, 3.8) is 0 Å². The second-order valence-electron chi connectivity index (χ2n) is 3.75. The standard InChI is InChI=1S/C13H14BrNOS/c1-10-13(17-9-15-10)6-7-16-8-11-4-2-3-5-12(11)14/h2-5,9H,6-8H2,1H3. The summed E-state index contributed by atoms with van der Waals surface area (Å²) in [4.78, 5) is 5.54. The summed E-state index contributed by atoms with van der Waals surface area (Å²) in [6.07, 6.45) is 0.945. The summed E-state index contributed by atoms with van der Waals surface area (Å²) in [5, 5.41) is 0. The quantitative estimate of drug-likeness (QED) is 0.779. The highest BCUT2D eigenvalue weighted by atomic mass is 79.9. The Morgan fingerprint density at radius 3 is 2.88 bits per heavy atom. The van der Waals surface area contributed by atoms with Gasteiger partial charge in [-0.1, -0.05) is 34.1 Å². The van der Waals surface area contributed by atoms with Gasteiger partial charge in [0.15, 0.2) is 0 Å². The van der Waals surface area contributed by atoms with Gasteiger partial charge in [-0.25, -0.2) is 4.98 Å². The van der Waals surface area contributed by atoms with Crippen LogP contribution in [0.1, 0.15) is 16.1 Å². The molecule has 0 atom stereocenters. The molecule has 0 fully saturated rings. The average Bonchev–Trinajstić information content (AvgIpc) is 2.73. The monoisotopic (exact) mass is 311 g/mol. The first-order chi connectivity index (χ1) is 8.27. The minimum absolute atomic E-state index is 0.652. The van der Waals surface area contributed by atoms with Gasteiger partial charge in [0, 0.05) is 15.8 Å². The van der Waals surface area contributed by atoms with Crippen LogP contribution in [0.25, 0.3) is 0 Å². The van der Waals surface area contributed by atoms with E-state index in [-0.39, 0.29) is 0 Å². The van der Waals surface area contributed by atoms with E-state index in [2.05, 4.69) is 27.0 Å². The van der Waals surface area contributed by atoms with Gasteiger partial charge in [-0.2, -0.15) is 0 Å². The fraction of sp³-hybridized carbons (Fsp3) is 0.308. The topological polar surface area (TPSA) is 22.1 Å². The molecule has 0 saturated carbocycles. The minimum atomic E-state index is 0.652.